The average Bonchev–Trinajstić information content (AvgIpc) is 2.37. The Kier molecular flexibility index (Phi) is 4.32. The molecule has 2 rings (SSSR count). The minimum atomic E-state index is -3.80. The van der Waals surface area contributed by atoms with Gasteiger partial charge in [-0.05, 0) is 31.2 Å². The van der Waals surface area contributed by atoms with E-state index in [4.69, 9.17) is 0 Å². The van der Waals surface area contributed by atoms with Crippen LogP contribution in [0.3, 0.4) is 0 Å². The number of benzene rings is 2. The average molecular weight is 310 g/mol. The highest BCUT2D eigenvalue weighted by Crippen LogP contribution is 2.10. The van der Waals surface area contributed by atoms with Gasteiger partial charge in [0.2, 0.25) is 0 Å². The molecule has 0 heterocycles. The molecule has 0 aliphatic heterocycles. The van der Waals surface area contributed by atoms with Gasteiger partial charge in [0, 0.05) is 11.6 Å². The summed E-state index contributed by atoms with van der Waals surface area (Å²) in [6, 6.07) is 8.97. The molecular formula is C14H12F2N2O2S. The van der Waals surface area contributed by atoms with E-state index < -0.39 is 21.7 Å². The number of halogens is 2. The maximum atomic E-state index is 13.0. The van der Waals surface area contributed by atoms with Crippen molar-refractivity contribution in [1.29, 1.82) is 0 Å². The summed E-state index contributed by atoms with van der Waals surface area (Å²) in [6.45, 7) is 1.83. The number of nitrogens with one attached hydrogen (secondary N) is 1. The van der Waals surface area contributed by atoms with E-state index in [1.807, 2.05) is 11.8 Å². The van der Waals surface area contributed by atoms with E-state index in [2.05, 4.69) is 5.10 Å². The van der Waals surface area contributed by atoms with Crippen molar-refractivity contribution in [2.45, 2.75) is 11.8 Å². The van der Waals surface area contributed by atoms with Crippen LogP contribution in [0.1, 0.15) is 11.1 Å². The number of hydrazone groups is 1. The van der Waals surface area contributed by atoms with Crippen molar-refractivity contribution < 1.29 is 17.2 Å². The second kappa shape index (κ2) is 6.01. The first kappa shape index (κ1) is 15.1. The lowest BCUT2D eigenvalue weighted by Crippen LogP contribution is -2.18. The molecule has 0 atom stereocenters. The number of rotatable bonds is 4. The zero-order valence-electron chi connectivity index (χ0n) is 11.0. The van der Waals surface area contributed by atoms with Gasteiger partial charge in [-0.1, -0.05) is 17.7 Å². The standard InChI is InChI=1S/C14H12F2N2O2S/c1-10-2-4-14(5-3-10)21(19,20)18-17-9-11-6-12(15)8-13(16)7-11/h2-9,18H,1H3/b17-9-. The highest BCUT2D eigenvalue weighted by Gasteiger charge is 2.11. The van der Waals surface area contributed by atoms with Gasteiger partial charge in [-0.2, -0.15) is 13.5 Å². The van der Waals surface area contributed by atoms with Crippen LogP contribution in [-0.4, -0.2) is 14.6 Å². The Morgan fingerprint density at radius 1 is 1.05 bits per heavy atom. The van der Waals surface area contributed by atoms with Crippen molar-refractivity contribution in [3.05, 3.63) is 65.2 Å². The quantitative estimate of drug-likeness (QED) is 0.697. The maximum Gasteiger partial charge on any atom is 0.276 e. The SMILES string of the molecule is Cc1ccc(S(=O)(=O)N/N=C\c2cc(F)cc(F)c2)cc1. The molecule has 0 saturated carbocycles. The summed E-state index contributed by atoms with van der Waals surface area (Å²) in [7, 11) is -3.80. The van der Waals surface area contributed by atoms with Crippen molar-refractivity contribution in [3.8, 4) is 0 Å². The molecule has 1 N–H and O–H groups in total. The van der Waals surface area contributed by atoms with Gasteiger partial charge in [-0.15, -0.1) is 0 Å². The molecule has 7 heteroatoms. The van der Waals surface area contributed by atoms with Crippen LogP contribution in [0.5, 0.6) is 0 Å². The topological polar surface area (TPSA) is 58.5 Å². The van der Waals surface area contributed by atoms with Crippen LogP contribution in [0.15, 0.2) is 52.5 Å². The molecule has 0 saturated heterocycles. The van der Waals surface area contributed by atoms with Gasteiger partial charge < -0.3 is 0 Å². The van der Waals surface area contributed by atoms with Crippen molar-refractivity contribution >= 4 is 16.2 Å². The molecule has 0 bridgehead atoms. The molecule has 0 amide bonds. The molecule has 0 aromatic heterocycles. The molecule has 21 heavy (non-hydrogen) atoms. The lowest BCUT2D eigenvalue weighted by molar-refractivity contribution is 0.583. The first-order valence-corrected chi connectivity index (χ1v) is 7.43. The first-order chi connectivity index (χ1) is 9.87. The monoisotopic (exact) mass is 310 g/mol. The van der Waals surface area contributed by atoms with E-state index in [0.717, 1.165) is 23.9 Å². The number of hydrogen-bond acceptors (Lipinski definition) is 3. The van der Waals surface area contributed by atoms with Gasteiger partial charge in [0.05, 0.1) is 11.1 Å². The van der Waals surface area contributed by atoms with Gasteiger partial charge in [-0.25, -0.2) is 13.6 Å². The smallest absolute Gasteiger partial charge is 0.207 e. The first-order valence-electron chi connectivity index (χ1n) is 5.94. The van der Waals surface area contributed by atoms with E-state index in [1.54, 1.807) is 12.1 Å². The van der Waals surface area contributed by atoms with Crippen LogP contribution in [0, 0.1) is 18.6 Å². The fourth-order valence-electron chi connectivity index (χ4n) is 1.59. The third-order valence-corrected chi connectivity index (χ3v) is 3.84. The Morgan fingerprint density at radius 2 is 1.62 bits per heavy atom. The number of hydrogen-bond donors (Lipinski definition) is 1. The van der Waals surface area contributed by atoms with E-state index in [-0.39, 0.29) is 10.5 Å². The molecule has 110 valence electrons. The van der Waals surface area contributed by atoms with E-state index >= 15 is 0 Å². The lowest BCUT2D eigenvalue weighted by atomic mass is 10.2. The lowest BCUT2D eigenvalue weighted by Gasteiger charge is -2.03. The second-order valence-electron chi connectivity index (χ2n) is 4.37. The highest BCUT2D eigenvalue weighted by molar-refractivity contribution is 7.89. The summed E-state index contributed by atoms with van der Waals surface area (Å²) < 4.78 is 49.7. The minimum Gasteiger partial charge on any atom is -0.207 e. The fourth-order valence-corrected chi connectivity index (χ4v) is 2.38. The number of nitrogens with zero attached hydrogens (tertiary/aromatic N) is 1. The summed E-state index contributed by atoms with van der Waals surface area (Å²) in [5, 5.41) is 3.50. The summed E-state index contributed by atoms with van der Waals surface area (Å²) in [6.07, 6.45) is 1.03. The Labute approximate surface area is 121 Å². The summed E-state index contributed by atoms with van der Waals surface area (Å²) in [4.78, 5) is 2.03. The van der Waals surface area contributed by atoms with E-state index in [0.29, 0.717) is 6.07 Å². The molecule has 2 aromatic rings. The largest absolute Gasteiger partial charge is 0.276 e. The molecule has 4 nitrogen and oxygen atoms in total. The number of aryl methyl sites for hydroxylation is 1. The summed E-state index contributed by atoms with van der Waals surface area (Å²) in [5.74, 6) is -1.53. The molecule has 0 unspecified atom stereocenters. The van der Waals surface area contributed by atoms with E-state index in [9.17, 15) is 17.2 Å². The van der Waals surface area contributed by atoms with Crippen molar-refractivity contribution in [2.24, 2.45) is 5.10 Å². The van der Waals surface area contributed by atoms with Gasteiger partial charge >= 0.3 is 0 Å². The van der Waals surface area contributed by atoms with Crippen molar-refractivity contribution in [3.63, 3.8) is 0 Å². The fraction of sp³-hybridized carbons (Fsp3) is 0.0714. The normalized spacial score (nSPS) is 11.8. The molecular weight excluding hydrogens is 298 g/mol. The van der Waals surface area contributed by atoms with Crippen LogP contribution < -0.4 is 4.83 Å². The van der Waals surface area contributed by atoms with Crippen LogP contribution >= 0.6 is 0 Å². The molecule has 0 radical (unpaired) electrons. The van der Waals surface area contributed by atoms with Gasteiger partial charge in [0.15, 0.2) is 0 Å². The second-order valence-corrected chi connectivity index (χ2v) is 6.03. The molecule has 0 fully saturated rings. The predicted molar refractivity (Wildman–Crippen MR) is 75.5 cm³/mol. The van der Waals surface area contributed by atoms with Crippen LogP contribution in [0.25, 0.3) is 0 Å². The predicted octanol–water partition coefficient (Wildman–Crippen LogP) is 2.59. The highest BCUT2D eigenvalue weighted by atomic mass is 32.2. The van der Waals surface area contributed by atoms with Crippen LogP contribution in [0.2, 0.25) is 0 Å². The molecule has 0 spiro atoms. The third-order valence-electron chi connectivity index (χ3n) is 2.60. The zero-order chi connectivity index (χ0) is 15.5. The maximum absolute atomic E-state index is 13.0. The summed E-state index contributed by atoms with van der Waals surface area (Å²) >= 11 is 0. The Morgan fingerprint density at radius 3 is 2.19 bits per heavy atom. The Bertz CT molecular complexity index is 752. The van der Waals surface area contributed by atoms with Gasteiger partial charge in [-0.3, -0.25) is 0 Å². The van der Waals surface area contributed by atoms with Crippen LogP contribution in [-0.2, 0) is 10.0 Å². The molecule has 0 aliphatic carbocycles. The Hall–Kier alpha value is -2.28. The summed E-state index contributed by atoms with van der Waals surface area (Å²) in [5.41, 5.74) is 1.03. The van der Waals surface area contributed by atoms with Crippen molar-refractivity contribution in [2.75, 3.05) is 0 Å². The molecule has 0 aliphatic rings. The Balaban J connectivity index is 2.14. The number of sulfonamides is 1. The minimum absolute atomic E-state index is 0.0515. The van der Waals surface area contributed by atoms with E-state index in [1.165, 1.54) is 12.1 Å². The third kappa shape index (κ3) is 4.09. The van der Waals surface area contributed by atoms with Gasteiger partial charge in [0.1, 0.15) is 11.6 Å². The molecule has 2 aromatic carbocycles. The van der Waals surface area contributed by atoms with Gasteiger partial charge in [0.25, 0.3) is 10.0 Å². The van der Waals surface area contributed by atoms with Crippen molar-refractivity contribution in [1.82, 2.24) is 4.83 Å². The zero-order valence-corrected chi connectivity index (χ0v) is 11.9. The van der Waals surface area contributed by atoms with Crippen LogP contribution in [0.4, 0.5) is 8.78 Å².